The second-order valence-corrected chi connectivity index (χ2v) is 10.4. The second-order valence-electron chi connectivity index (χ2n) is 7.15. The molecular weight excluding hydrogens is 440 g/mol. The number of rotatable bonds is 8. The first-order chi connectivity index (χ1) is 14.6. The molecule has 1 N–H and O–H groups in total. The SMILES string of the molecule is O=S(=O)(NCCSc1nnc(-c2ccccc2Cl)n1C1CCCC1)c1ccccc1. The van der Waals surface area contributed by atoms with Crippen LogP contribution in [-0.4, -0.2) is 35.5 Å². The molecule has 1 fully saturated rings. The Morgan fingerprint density at radius 1 is 1.03 bits per heavy atom. The van der Waals surface area contributed by atoms with E-state index in [0.29, 0.717) is 23.4 Å². The fourth-order valence-corrected chi connectivity index (χ4v) is 5.96. The van der Waals surface area contributed by atoms with Crippen LogP contribution in [0.2, 0.25) is 5.02 Å². The van der Waals surface area contributed by atoms with Crippen molar-refractivity contribution < 1.29 is 8.42 Å². The van der Waals surface area contributed by atoms with Crippen LogP contribution in [0.4, 0.5) is 0 Å². The quantitative estimate of drug-likeness (QED) is 0.385. The summed E-state index contributed by atoms with van der Waals surface area (Å²) in [5.74, 6) is 1.33. The van der Waals surface area contributed by atoms with Crippen molar-refractivity contribution in [1.82, 2.24) is 19.5 Å². The zero-order valence-electron chi connectivity index (χ0n) is 16.4. The Kier molecular flexibility index (Phi) is 6.77. The van der Waals surface area contributed by atoms with Crippen LogP contribution >= 0.6 is 23.4 Å². The van der Waals surface area contributed by atoms with Gasteiger partial charge in [-0.2, -0.15) is 0 Å². The first-order valence-electron chi connectivity index (χ1n) is 9.93. The van der Waals surface area contributed by atoms with Gasteiger partial charge < -0.3 is 0 Å². The Balaban J connectivity index is 1.49. The molecule has 158 valence electrons. The zero-order chi connectivity index (χ0) is 21.0. The highest BCUT2D eigenvalue weighted by molar-refractivity contribution is 7.99. The van der Waals surface area contributed by atoms with Crippen LogP contribution in [0.1, 0.15) is 31.7 Å². The minimum atomic E-state index is -3.51. The number of thioether (sulfide) groups is 1. The minimum absolute atomic E-state index is 0.269. The third-order valence-electron chi connectivity index (χ3n) is 5.15. The van der Waals surface area contributed by atoms with E-state index in [1.54, 1.807) is 30.3 Å². The fourth-order valence-electron chi connectivity index (χ4n) is 3.69. The number of halogens is 1. The highest BCUT2D eigenvalue weighted by atomic mass is 35.5. The molecule has 0 bridgehead atoms. The molecule has 9 heteroatoms. The number of sulfonamides is 1. The molecule has 1 aliphatic rings. The van der Waals surface area contributed by atoms with E-state index in [9.17, 15) is 8.42 Å². The van der Waals surface area contributed by atoms with Gasteiger partial charge in [-0.3, -0.25) is 4.57 Å². The third-order valence-corrected chi connectivity index (χ3v) is 7.90. The van der Waals surface area contributed by atoms with Gasteiger partial charge >= 0.3 is 0 Å². The van der Waals surface area contributed by atoms with Crippen molar-refractivity contribution in [2.45, 2.75) is 41.8 Å². The lowest BCUT2D eigenvalue weighted by molar-refractivity contribution is 0.485. The van der Waals surface area contributed by atoms with Crippen LogP contribution in [0.25, 0.3) is 11.4 Å². The van der Waals surface area contributed by atoms with Gasteiger partial charge in [-0.05, 0) is 37.1 Å². The van der Waals surface area contributed by atoms with E-state index in [1.807, 2.05) is 24.3 Å². The predicted octanol–water partition coefficient (Wildman–Crippen LogP) is 4.78. The summed E-state index contributed by atoms with van der Waals surface area (Å²) in [6, 6.07) is 16.4. The Morgan fingerprint density at radius 2 is 1.73 bits per heavy atom. The van der Waals surface area contributed by atoms with Crippen LogP contribution in [0.3, 0.4) is 0 Å². The fraction of sp³-hybridized carbons (Fsp3) is 0.333. The van der Waals surface area contributed by atoms with Gasteiger partial charge in [-0.1, -0.05) is 66.5 Å². The molecule has 1 heterocycles. The molecule has 0 atom stereocenters. The van der Waals surface area contributed by atoms with Crippen LogP contribution in [-0.2, 0) is 10.0 Å². The van der Waals surface area contributed by atoms with Gasteiger partial charge in [0, 0.05) is 23.9 Å². The summed E-state index contributed by atoms with van der Waals surface area (Å²) in [6.07, 6.45) is 4.55. The van der Waals surface area contributed by atoms with E-state index >= 15 is 0 Å². The number of nitrogens with zero attached hydrogens (tertiary/aromatic N) is 3. The molecule has 3 aromatic rings. The number of hydrogen-bond donors (Lipinski definition) is 1. The monoisotopic (exact) mass is 462 g/mol. The summed E-state index contributed by atoms with van der Waals surface area (Å²) < 4.78 is 29.6. The Hall–Kier alpha value is -1.87. The van der Waals surface area contributed by atoms with Gasteiger partial charge in [-0.25, -0.2) is 13.1 Å². The van der Waals surface area contributed by atoms with Gasteiger partial charge in [0.15, 0.2) is 11.0 Å². The van der Waals surface area contributed by atoms with Gasteiger partial charge in [0.2, 0.25) is 10.0 Å². The topological polar surface area (TPSA) is 76.9 Å². The van der Waals surface area contributed by atoms with Crippen molar-refractivity contribution >= 4 is 33.4 Å². The maximum absolute atomic E-state index is 12.4. The first kappa shape index (κ1) is 21.4. The molecule has 2 aromatic carbocycles. The summed E-state index contributed by atoms with van der Waals surface area (Å²) >= 11 is 7.93. The molecule has 1 aromatic heterocycles. The lowest BCUT2D eigenvalue weighted by atomic mass is 10.2. The average molecular weight is 463 g/mol. The molecule has 0 spiro atoms. The molecule has 0 saturated heterocycles. The van der Waals surface area contributed by atoms with Crippen molar-refractivity contribution in [2.24, 2.45) is 0 Å². The van der Waals surface area contributed by atoms with Crippen molar-refractivity contribution in [1.29, 1.82) is 0 Å². The van der Waals surface area contributed by atoms with E-state index in [0.717, 1.165) is 29.4 Å². The lowest BCUT2D eigenvalue weighted by Gasteiger charge is -2.17. The average Bonchev–Trinajstić information content (AvgIpc) is 3.42. The zero-order valence-corrected chi connectivity index (χ0v) is 18.8. The molecule has 0 unspecified atom stereocenters. The Morgan fingerprint density at radius 3 is 2.47 bits per heavy atom. The summed E-state index contributed by atoms with van der Waals surface area (Å²) in [6.45, 7) is 0.306. The minimum Gasteiger partial charge on any atom is -0.299 e. The normalized spacial score (nSPS) is 15.0. The molecule has 4 rings (SSSR count). The summed E-state index contributed by atoms with van der Waals surface area (Å²) in [5.41, 5.74) is 0.871. The summed E-state index contributed by atoms with van der Waals surface area (Å²) in [4.78, 5) is 0.269. The Bertz CT molecular complexity index is 1100. The molecule has 0 amide bonds. The standard InChI is InChI=1S/C21H23ClN4O2S2/c22-19-13-7-6-12-18(19)20-24-25-21(26(20)16-8-4-5-9-16)29-15-14-23-30(27,28)17-10-2-1-3-11-17/h1-3,6-7,10-13,16,23H,4-5,8-9,14-15H2. The molecule has 1 aliphatic carbocycles. The van der Waals surface area contributed by atoms with Crippen molar-refractivity contribution in [3.05, 3.63) is 59.6 Å². The Labute approximate surface area is 186 Å². The smallest absolute Gasteiger partial charge is 0.240 e. The molecule has 0 aliphatic heterocycles. The van der Waals surface area contributed by atoms with E-state index in [4.69, 9.17) is 11.6 Å². The maximum Gasteiger partial charge on any atom is 0.240 e. The van der Waals surface area contributed by atoms with Crippen molar-refractivity contribution in [2.75, 3.05) is 12.3 Å². The van der Waals surface area contributed by atoms with Crippen LogP contribution in [0.15, 0.2) is 64.6 Å². The summed E-state index contributed by atoms with van der Waals surface area (Å²) in [5, 5.41) is 10.3. The van der Waals surface area contributed by atoms with E-state index in [-0.39, 0.29) is 4.90 Å². The molecule has 1 saturated carbocycles. The van der Waals surface area contributed by atoms with Crippen LogP contribution in [0.5, 0.6) is 0 Å². The van der Waals surface area contributed by atoms with Gasteiger partial charge in [-0.15, -0.1) is 10.2 Å². The first-order valence-corrected chi connectivity index (χ1v) is 12.8. The number of nitrogens with one attached hydrogen (secondary N) is 1. The van der Waals surface area contributed by atoms with Crippen LogP contribution in [0, 0.1) is 0 Å². The van der Waals surface area contributed by atoms with E-state index < -0.39 is 10.0 Å². The van der Waals surface area contributed by atoms with Crippen molar-refractivity contribution in [3.63, 3.8) is 0 Å². The number of benzene rings is 2. The van der Waals surface area contributed by atoms with E-state index in [2.05, 4.69) is 19.5 Å². The molecule has 0 radical (unpaired) electrons. The van der Waals surface area contributed by atoms with E-state index in [1.165, 1.54) is 24.6 Å². The highest BCUT2D eigenvalue weighted by Crippen LogP contribution is 2.38. The van der Waals surface area contributed by atoms with Gasteiger partial charge in [0.1, 0.15) is 0 Å². The van der Waals surface area contributed by atoms with Crippen molar-refractivity contribution in [3.8, 4) is 11.4 Å². The third kappa shape index (κ3) is 4.72. The van der Waals surface area contributed by atoms with Gasteiger partial charge in [0.25, 0.3) is 0 Å². The maximum atomic E-state index is 12.4. The number of aromatic nitrogens is 3. The van der Waals surface area contributed by atoms with Gasteiger partial charge in [0.05, 0.1) is 9.92 Å². The molecular formula is C21H23ClN4O2S2. The predicted molar refractivity (Wildman–Crippen MR) is 120 cm³/mol. The van der Waals surface area contributed by atoms with Crippen LogP contribution < -0.4 is 4.72 Å². The largest absolute Gasteiger partial charge is 0.299 e. The molecule has 30 heavy (non-hydrogen) atoms. The second kappa shape index (κ2) is 9.51. The number of hydrogen-bond acceptors (Lipinski definition) is 5. The summed E-state index contributed by atoms with van der Waals surface area (Å²) in [7, 11) is -3.51. The highest BCUT2D eigenvalue weighted by Gasteiger charge is 2.25. The lowest BCUT2D eigenvalue weighted by Crippen LogP contribution is -2.26. The molecule has 6 nitrogen and oxygen atoms in total.